The summed E-state index contributed by atoms with van der Waals surface area (Å²) in [4.78, 5) is 11.0. The van der Waals surface area contributed by atoms with Crippen molar-refractivity contribution in [3.05, 3.63) is 70.3 Å². The SMILES string of the molecule is CCc1ccc(C(SCC(N)C(=O)O)c2ccc(F)cc2F)cc1CC. The molecule has 6 heteroatoms. The lowest BCUT2D eigenvalue weighted by Crippen LogP contribution is -2.32. The van der Waals surface area contributed by atoms with E-state index in [1.807, 2.05) is 18.2 Å². The fourth-order valence-corrected chi connectivity index (χ4v) is 4.09. The average molecular weight is 379 g/mol. The second-order valence-electron chi connectivity index (χ2n) is 6.06. The Morgan fingerprint density at radius 1 is 1.12 bits per heavy atom. The van der Waals surface area contributed by atoms with Crippen LogP contribution in [0.1, 0.15) is 41.4 Å². The number of carboxylic acid groups (broad SMARTS) is 1. The van der Waals surface area contributed by atoms with Crippen molar-refractivity contribution >= 4 is 17.7 Å². The molecule has 0 aliphatic rings. The van der Waals surface area contributed by atoms with Gasteiger partial charge in [0, 0.05) is 17.4 Å². The third-order valence-electron chi connectivity index (χ3n) is 4.30. The number of aryl methyl sites for hydroxylation is 2. The van der Waals surface area contributed by atoms with Crippen LogP contribution >= 0.6 is 11.8 Å². The standard InChI is InChI=1S/C20H23F2NO2S/c1-3-12-5-6-14(9-13(12)4-2)19(26-11-18(23)20(24)25)16-8-7-15(21)10-17(16)22/h5-10,18-19H,3-4,11,23H2,1-2H3,(H,24,25). The summed E-state index contributed by atoms with van der Waals surface area (Å²) in [7, 11) is 0. The summed E-state index contributed by atoms with van der Waals surface area (Å²) >= 11 is 1.25. The first-order valence-electron chi connectivity index (χ1n) is 8.54. The van der Waals surface area contributed by atoms with Gasteiger partial charge in [-0.2, -0.15) is 0 Å². The second-order valence-corrected chi connectivity index (χ2v) is 7.20. The molecule has 0 amide bonds. The first kappa shape index (κ1) is 20.4. The minimum atomic E-state index is -1.11. The van der Waals surface area contributed by atoms with Crippen molar-refractivity contribution in [1.29, 1.82) is 0 Å². The van der Waals surface area contributed by atoms with Gasteiger partial charge in [0.1, 0.15) is 17.7 Å². The van der Waals surface area contributed by atoms with Gasteiger partial charge in [-0.15, -0.1) is 11.8 Å². The van der Waals surface area contributed by atoms with Gasteiger partial charge in [0.15, 0.2) is 0 Å². The second kappa shape index (κ2) is 9.14. The van der Waals surface area contributed by atoms with Gasteiger partial charge in [-0.3, -0.25) is 4.79 Å². The largest absolute Gasteiger partial charge is 0.480 e. The van der Waals surface area contributed by atoms with Crippen LogP contribution < -0.4 is 5.73 Å². The molecule has 2 aromatic rings. The molecular formula is C20H23F2NO2S. The maximum atomic E-state index is 14.4. The molecule has 0 saturated heterocycles. The highest BCUT2D eigenvalue weighted by atomic mass is 32.2. The minimum Gasteiger partial charge on any atom is -0.480 e. The summed E-state index contributed by atoms with van der Waals surface area (Å²) < 4.78 is 27.7. The molecule has 0 bridgehead atoms. The average Bonchev–Trinajstić information content (AvgIpc) is 2.62. The van der Waals surface area contributed by atoms with E-state index in [0.717, 1.165) is 24.5 Å². The van der Waals surface area contributed by atoms with Gasteiger partial charge in [0.25, 0.3) is 0 Å². The van der Waals surface area contributed by atoms with Crippen molar-refractivity contribution in [2.45, 2.75) is 38.0 Å². The Kier molecular flexibility index (Phi) is 7.17. The van der Waals surface area contributed by atoms with Gasteiger partial charge in [-0.1, -0.05) is 38.1 Å². The number of benzene rings is 2. The predicted molar refractivity (Wildman–Crippen MR) is 101 cm³/mol. The number of carbonyl (C=O) groups is 1. The number of hydrogen-bond acceptors (Lipinski definition) is 3. The van der Waals surface area contributed by atoms with Crippen LogP contribution in [0, 0.1) is 11.6 Å². The Labute approximate surface area is 156 Å². The highest BCUT2D eigenvalue weighted by Crippen LogP contribution is 2.38. The zero-order valence-electron chi connectivity index (χ0n) is 14.8. The van der Waals surface area contributed by atoms with Gasteiger partial charge in [-0.25, -0.2) is 8.78 Å². The Morgan fingerprint density at radius 2 is 1.81 bits per heavy atom. The Morgan fingerprint density at radius 3 is 2.38 bits per heavy atom. The molecule has 0 radical (unpaired) electrons. The molecule has 2 rings (SSSR count). The molecule has 140 valence electrons. The number of halogens is 2. The number of aliphatic carboxylic acids is 1. The number of thioether (sulfide) groups is 1. The molecule has 3 N–H and O–H groups in total. The van der Waals surface area contributed by atoms with Crippen molar-refractivity contribution in [2.75, 3.05) is 5.75 Å². The molecule has 0 aliphatic heterocycles. The normalized spacial score (nSPS) is 13.4. The summed E-state index contributed by atoms with van der Waals surface area (Å²) in [6, 6.07) is 8.38. The molecule has 0 aliphatic carbocycles. The van der Waals surface area contributed by atoms with Gasteiger partial charge in [-0.05, 0) is 35.6 Å². The van der Waals surface area contributed by atoms with Crippen molar-refractivity contribution < 1.29 is 18.7 Å². The number of hydrogen-bond donors (Lipinski definition) is 2. The van der Waals surface area contributed by atoms with Crippen LogP contribution in [0.15, 0.2) is 36.4 Å². The zero-order valence-corrected chi connectivity index (χ0v) is 15.7. The molecule has 3 nitrogen and oxygen atoms in total. The van der Waals surface area contributed by atoms with Gasteiger partial charge in [0.2, 0.25) is 0 Å². The number of carboxylic acids is 1. The third-order valence-corrected chi connectivity index (χ3v) is 5.71. The maximum absolute atomic E-state index is 14.4. The van der Waals surface area contributed by atoms with E-state index in [4.69, 9.17) is 10.8 Å². The Balaban J connectivity index is 2.44. The lowest BCUT2D eigenvalue weighted by Gasteiger charge is -2.21. The van der Waals surface area contributed by atoms with Gasteiger partial charge in [0.05, 0.1) is 5.25 Å². The highest BCUT2D eigenvalue weighted by molar-refractivity contribution is 7.99. The van der Waals surface area contributed by atoms with Crippen molar-refractivity contribution in [2.24, 2.45) is 5.73 Å². The summed E-state index contributed by atoms with van der Waals surface area (Å²) in [6.45, 7) is 4.13. The third kappa shape index (κ3) is 4.83. The van der Waals surface area contributed by atoms with E-state index < -0.39 is 28.9 Å². The summed E-state index contributed by atoms with van der Waals surface area (Å²) in [5, 5.41) is 8.55. The number of nitrogens with two attached hydrogens (primary N) is 1. The van der Waals surface area contributed by atoms with Gasteiger partial charge >= 0.3 is 5.97 Å². The molecule has 0 spiro atoms. The van der Waals surface area contributed by atoms with E-state index in [2.05, 4.69) is 13.8 Å². The fraction of sp³-hybridized carbons (Fsp3) is 0.350. The molecule has 0 aromatic heterocycles. The quantitative estimate of drug-likeness (QED) is 0.717. The minimum absolute atomic E-state index is 0.119. The Bertz CT molecular complexity index is 782. The van der Waals surface area contributed by atoms with E-state index in [0.29, 0.717) is 5.56 Å². The van der Waals surface area contributed by atoms with Crippen LogP contribution in [-0.4, -0.2) is 22.9 Å². The Hall–Kier alpha value is -1.92. The molecule has 26 heavy (non-hydrogen) atoms. The van der Waals surface area contributed by atoms with Crippen molar-refractivity contribution in [3.63, 3.8) is 0 Å². The molecule has 0 saturated carbocycles. The van der Waals surface area contributed by atoms with E-state index in [1.54, 1.807) is 0 Å². The van der Waals surface area contributed by atoms with E-state index in [1.165, 1.54) is 35.0 Å². The van der Waals surface area contributed by atoms with E-state index >= 15 is 0 Å². The fourth-order valence-electron chi connectivity index (χ4n) is 2.83. The van der Waals surface area contributed by atoms with Crippen LogP contribution in [0.5, 0.6) is 0 Å². The lowest BCUT2D eigenvalue weighted by atomic mass is 9.96. The highest BCUT2D eigenvalue weighted by Gasteiger charge is 2.22. The van der Waals surface area contributed by atoms with Crippen molar-refractivity contribution in [1.82, 2.24) is 0 Å². The molecule has 2 atom stereocenters. The van der Waals surface area contributed by atoms with E-state index in [-0.39, 0.29) is 5.75 Å². The zero-order chi connectivity index (χ0) is 19.3. The molecular weight excluding hydrogens is 356 g/mol. The first-order chi connectivity index (χ1) is 12.4. The van der Waals surface area contributed by atoms with Crippen LogP contribution in [0.3, 0.4) is 0 Å². The maximum Gasteiger partial charge on any atom is 0.321 e. The van der Waals surface area contributed by atoms with Crippen molar-refractivity contribution in [3.8, 4) is 0 Å². The van der Waals surface area contributed by atoms with Crippen LogP contribution in [0.2, 0.25) is 0 Å². The monoisotopic (exact) mass is 379 g/mol. The van der Waals surface area contributed by atoms with E-state index in [9.17, 15) is 13.6 Å². The topological polar surface area (TPSA) is 63.3 Å². The molecule has 0 fully saturated rings. The molecule has 0 heterocycles. The molecule has 2 unspecified atom stereocenters. The lowest BCUT2D eigenvalue weighted by molar-refractivity contribution is -0.137. The predicted octanol–water partition coefficient (Wildman–Crippen LogP) is 4.32. The molecule has 2 aromatic carbocycles. The summed E-state index contributed by atoms with van der Waals surface area (Å²) in [6.07, 6.45) is 1.74. The summed E-state index contributed by atoms with van der Waals surface area (Å²) in [5.41, 5.74) is 9.18. The van der Waals surface area contributed by atoms with Gasteiger partial charge < -0.3 is 10.8 Å². The summed E-state index contributed by atoms with van der Waals surface area (Å²) in [5.74, 6) is -2.28. The van der Waals surface area contributed by atoms with Crippen LogP contribution in [0.25, 0.3) is 0 Å². The first-order valence-corrected chi connectivity index (χ1v) is 9.58. The van der Waals surface area contributed by atoms with Crippen LogP contribution in [0.4, 0.5) is 8.78 Å². The number of rotatable bonds is 8. The smallest absolute Gasteiger partial charge is 0.321 e. The van der Waals surface area contributed by atoms with Crippen LogP contribution in [-0.2, 0) is 17.6 Å².